The van der Waals surface area contributed by atoms with Crippen molar-refractivity contribution < 1.29 is 4.79 Å². The first kappa shape index (κ1) is 18.1. The van der Waals surface area contributed by atoms with Gasteiger partial charge in [0.05, 0.1) is 15.2 Å². The second-order valence-electron chi connectivity index (χ2n) is 7.24. The average molecular weight is 380 g/mol. The van der Waals surface area contributed by atoms with Gasteiger partial charge in [0.25, 0.3) is 0 Å². The first-order valence-corrected chi connectivity index (χ1v) is 10.4. The highest BCUT2D eigenvalue weighted by molar-refractivity contribution is 7.18. The van der Waals surface area contributed by atoms with Crippen LogP contribution in [0.15, 0.2) is 54.6 Å². The molecule has 0 radical (unpaired) electrons. The van der Waals surface area contributed by atoms with E-state index in [9.17, 15) is 4.79 Å². The molecule has 1 amide bonds. The normalized spacial score (nSPS) is 19.7. The standard InChI is InChI=1S/C22H25N3OS/c23-13-17-14-25(15-18(17)16-7-2-1-3-8-16)22(26)12-6-11-21-24-19-9-4-5-10-20(19)27-21/h1-5,7-10,17-18H,6,11-15,23H2/t17-,18+/m1/s1. The van der Waals surface area contributed by atoms with Crippen LogP contribution in [0.3, 0.4) is 0 Å². The van der Waals surface area contributed by atoms with Crippen LogP contribution in [0.25, 0.3) is 10.2 Å². The Hall–Kier alpha value is -2.24. The van der Waals surface area contributed by atoms with Crippen molar-refractivity contribution in [2.75, 3.05) is 19.6 Å². The highest BCUT2D eigenvalue weighted by Crippen LogP contribution is 2.32. The quantitative estimate of drug-likeness (QED) is 0.708. The molecule has 2 heterocycles. The Morgan fingerprint density at radius 3 is 2.67 bits per heavy atom. The molecule has 2 aromatic carbocycles. The number of carbonyl (C=O) groups is 1. The van der Waals surface area contributed by atoms with Crippen molar-refractivity contribution in [3.63, 3.8) is 0 Å². The highest BCUT2D eigenvalue weighted by atomic mass is 32.1. The van der Waals surface area contributed by atoms with E-state index in [2.05, 4.69) is 35.3 Å². The molecular weight excluding hydrogens is 354 g/mol. The van der Waals surface area contributed by atoms with Crippen molar-refractivity contribution in [2.24, 2.45) is 11.7 Å². The summed E-state index contributed by atoms with van der Waals surface area (Å²) in [7, 11) is 0. The van der Waals surface area contributed by atoms with E-state index in [4.69, 9.17) is 5.73 Å². The number of carbonyl (C=O) groups excluding carboxylic acids is 1. The molecule has 0 aliphatic carbocycles. The summed E-state index contributed by atoms with van der Waals surface area (Å²) in [5.41, 5.74) is 8.34. The minimum atomic E-state index is 0.244. The van der Waals surface area contributed by atoms with E-state index in [1.165, 1.54) is 10.3 Å². The monoisotopic (exact) mass is 379 g/mol. The summed E-state index contributed by atoms with van der Waals surface area (Å²) in [4.78, 5) is 19.4. The van der Waals surface area contributed by atoms with E-state index in [0.29, 0.717) is 24.8 Å². The summed E-state index contributed by atoms with van der Waals surface area (Å²) < 4.78 is 1.22. The van der Waals surface area contributed by atoms with Crippen molar-refractivity contribution in [2.45, 2.75) is 25.2 Å². The number of benzene rings is 2. The van der Waals surface area contributed by atoms with Gasteiger partial charge >= 0.3 is 0 Å². The molecule has 1 aromatic heterocycles. The number of hydrogen-bond acceptors (Lipinski definition) is 4. The Morgan fingerprint density at radius 1 is 1.11 bits per heavy atom. The fourth-order valence-corrected chi connectivity index (χ4v) is 4.98. The van der Waals surface area contributed by atoms with E-state index in [1.54, 1.807) is 11.3 Å². The van der Waals surface area contributed by atoms with Crippen LogP contribution in [0.1, 0.15) is 29.3 Å². The van der Waals surface area contributed by atoms with Crippen LogP contribution in [0.4, 0.5) is 0 Å². The number of nitrogens with zero attached hydrogens (tertiary/aromatic N) is 2. The van der Waals surface area contributed by atoms with Gasteiger partial charge in [0.15, 0.2) is 0 Å². The van der Waals surface area contributed by atoms with Gasteiger partial charge in [0.1, 0.15) is 0 Å². The molecule has 4 rings (SSSR count). The van der Waals surface area contributed by atoms with Crippen LogP contribution in [-0.2, 0) is 11.2 Å². The molecule has 0 bridgehead atoms. The summed E-state index contributed by atoms with van der Waals surface area (Å²) in [6, 6.07) is 18.6. The minimum absolute atomic E-state index is 0.244. The van der Waals surface area contributed by atoms with Gasteiger partial charge in [-0.15, -0.1) is 11.3 Å². The lowest BCUT2D eigenvalue weighted by Crippen LogP contribution is -2.29. The highest BCUT2D eigenvalue weighted by Gasteiger charge is 2.34. The molecular formula is C22H25N3OS. The summed E-state index contributed by atoms with van der Waals surface area (Å²) >= 11 is 1.73. The second-order valence-corrected chi connectivity index (χ2v) is 8.36. The van der Waals surface area contributed by atoms with Crippen LogP contribution in [0, 0.1) is 5.92 Å². The summed E-state index contributed by atoms with van der Waals surface area (Å²) in [5, 5.41) is 1.12. The third kappa shape index (κ3) is 4.04. The third-order valence-electron chi connectivity index (χ3n) is 5.44. The van der Waals surface area contributed by atoms with Crippen LogP contribution in [0.5, 0.6) is 0 Å². The smallest absolute Gasteiger partial charge is 0.222 e. The van der Waals surface area contributed by atoms with Gasteiger partial charge in [0.2, 0.25) is 5.91 Å². The van der Waals surface area contributed by atoms with Gasteiger partial charge in [-0.25, -0.2) is 4.98 Å². The molecule has 27 heavy (non-hydrogen) atoms. The second kappa shape index (κ2) is 8.19. The number of likely N-dealkylation sites (tertiary alicyclic amines) is 1. The fraction of sp³-hybridized carbons (Fsp3) is 0.364. The minimum Gasteiger partial charge on any atom is -0.342 e. The molecule has 2 N–H and O–H groups in total. The van der Waals surface area contributed by atoms with Crippen molar-refractivity contribution in [3.8, 4) is 0 Å². The van der Waals surface area contributed by atoms with Gasteiger partial charge in [-0.3, -0.25) is 4.79 Å². The number of amides is 1. The Morgan fingerprint density at radius 2 is 1.89 bits per heavy atom. The van der Waals surface area contributed by atoms with Gasteiger partial charge in [0, 0.05) is 25.4 Å². The van der Waals surface area contributed by atoms with E-state index in [-0.39, 0.29) is 5.91 Å². The summed E-state index contributed by atoms with van der Waals surface area (Å²) in [6.45, 7) is 2.18. The number of hydrogen-bond donors (Lipinski definition) is 1. The van der Waals surface area contributed by atoms with Gasteiger partial charge in [-0.1, -0.05) is 42.5 Å². The van der Waals surface area contributed by atoms with Gasteiger partial charge in [-0.05, 0) is 43.0 Å². The maximum atomic E-state index is 12.7. The van der Waals surface area contributed by atoms with Crippen LogP contribution in [-0.4, -0.2) is 35.4 Å². The lowest BCUT2D eigenvalue weighted by Gasteiger charge is -2.16. The lowest BCUT2D eigenvalue weighted by atomic mass is 9.89. The number of thiazole rings is 1. The van der Waals surface area contributed by atoms with Crippen molar-refractivity contribution in [3.05, 3.63) is 65.2 Å². The Balaban J connectivity index is 1.33. The predicted molar refractivity (Wildman–Crippen MR) is 111 cm³/mol. The summed E-state index contributed by atoms with van der Waals surface area (Å²) in [6.07, 6.45) is 2.29. The van der Waals surface area contributed by atoms with Crippen molar-refractivity contribution in [1.29, 1.82) is 0 Å². The number of aromatic nitrogens is 1. The molecule has 1 aliphatic rings. The van der Waals surface area contributed by atoms with E-state index in [0.717, 1.165) is 36.5 Å². The SMILES string of the molecule is NC[C@@H]1CN(C(=O)CCCc2nc3ccccc3s2)C[C@H]1c1ccccc1. The van der Waals surface area contributed by atoms with E-state index in [1.807, 2.05) is 29.2 Å². The van der Waals surface area contributed by atoms with E-state index >= 15 is 0 Å². The van der Waals surface area contributed by atoms with E-state index < -0.39 is 0 Å². The molecule has 1 saturated heterocycles. The Bertz CT molecular complexity index is 875. The average Bonchev–Trinajstić information content (AvgIpc) is 3.32. The number of para-hydroxylation sites is 1. The number of nitrogens with two attached hydrogens (primary N) is 1. The number of rotatable bonds is 6. The molecule has 5 heteroatoms. The third-order valence-corrected chi connectivity index (χ3v) is 6.54. The zero-order chi connectivity index (χ0) is 18.6. The van der Waals surface area contributed by atoms with Crippen LogP contribution >= 0.6 is 11.3 Å². The zero-order valence-corrected chi connectivity index (χ0v) is 16.2. The first-order valence-electron chi connectivity index (χ1n) is 9.62. The molecule has 0 spiro atoms. The van der Waals surface area contributed by atoms with Crippen molar-refractivity contribution in [1.82, 2.24) is 9.88 Å². The van der Waals surface area contributed by atoms with Crippen molar-refractivity contribution >= 4 is 27.5 Å². The predicted octanol–water partition coefficient (Wildman–Crippen LogP) is 3.82. The van der Waals surface area contributed by atoms with Crippen LogP contribution in [0.2, 0.25) is 0 Å². The molecule has 2 atom stereocenters. The van der Waals surface area contributed by atoms with Gasteiger partial charge in [-0.2, -0.15) is 0 Å². The topological polar surface area (TPSA) is 59.2 Å². The first-order chi connectivity index (χ1) is 13.2. The Kier molecular flexibility index (Phi) is 5.50. The molecule has 3 aromatic rings. The molecule has 140 valence electrons. The zero-order valence-electron chi connectivity index (χ0n) is 15.4. The van der Waals surface area contributed by atoms with Crippen LogP contribution < -0.4 is 5.73 Å². The molecule has 1 aliphatic heterocycles. The lowest BCUT2D eigenvalue weighted by molar-refractivity contribution is -0.130. The fourth-order valence-electron chi connectivity index (χ4n) is 3.97. The maximum absolute atomic E-state index is 12.7. The van der Waals surface area contributed by atoms with Gasteiger partial charge < -0.3 is 10.6 Å². The number of aryl methyl sites for hydroxylation is 1. The molecule has 0 unspecified atom stereocenters. The molecule has 4 nitrogen and oxygen atoms in total. The maximum Gasteiger partial charge on any atom is 0.222 e. The number of fused-ring (bicyclic) bond motifs is 1. The summed E-state index contributed by atoms with van der Waals surface area (Å²) in [5.74, 6) is 0.943. The molecule has 1 fully saturated rings. The largest absolute Gasteiger partial charge is 0.342 e. The Labute approximate surface area is 164 Å². The molecule has 0 saturated carbocycles.